The van der Waals surface area contributed by atoms with Crippen molar-refractivity contribution in [3.05, 3.63) is 34.6 Å². The van der Waals surface area contributed by atoms with E-state index in [1.807, 2.05) is 6.07 Å². The summed E-state index contributed by atoms with van der Waals surface area (Å²) in [6, 6.07) is 5.75. The van der Waals surface area contributed by atoms with Crippen LogP contribution in [0.4, 0.5) is 4.39 Å². The van der Waals surface area contributed by atoms with Crippen molar-refractivity contribution in [1.82, 2.24) is 0 Å². The number of hydrogen-bond donors (Lipinski definition) is 1. The highest BCUT2D eigenvalue weighted by molar-refractivity contribution is 6.30. The molecule has 1 aromatic rings. The third-order valence-electron chi connectivity index (χ3n) is 1.89. The van der Waals surface area contributed by atoms with E-state index >= 15 is 0 Å². The maximum atomic E-state index is 13.0. The Balaban J connectivity index is 2.75. The Kier molecular flexibility index (Phi) is 5.20. The molecular weight excluding hydrogens is 233 g/mol. The number of rotatable bonds is 5. The first-order valence-electron chi connectivity index (χ1n) is 4.75. The first kappa shape index (κ1) is 12.9. The predicted octanol–water partition coefficient (Wildman–Crippen LogP) is 2.44. The average molecular weight is 244 g/mol. The van der Waals surface area contributed by atoms with Gasteiger partial charge in [0.2, 0.25) is 0 Å². The monoisotopic (exact) mass is 243 g/mol. The van der Waals surface area contributed by atoms with Gasteiger partial charge >= 0.3 is 0 Å². The molecule has 0 bridgehead atoms. The van der Waals surface area contributed by atoms with Crippen molar-refractivity contribution < 1.29 is 14.2 Å². The fourth-order valence-corrected chi connectivity index (χ4v) is 1.43. The van der Waals surface area contributed by atoms with Gasteiger partial charge in [-0.15, -0.1) is 0 Å². The van der Waals surface area contributed by atoms with Crippen LogP contribution in [0.1, 0.15) is 18.1 Å². The molecule has 0 radical (unpaired) electrons. The van der Waals surface area contributed by atoms with Crippen LogP contribution in [-0.4, -0.2) is 18.3 Å². The summed E-state index contributed by atoms with van der Waals surface area (Å²) in [5.74, 6) is -0.506. The second-order valence-electron chi connectivity index (χ2n) is 3.16. The minimum atomic E-state index is -0.861. The van der Waals surface area contributed by atoms with Gasteiger partial charge in [0.15, 0.2) is 6.10 Å². The van der Waals surface area contributed by atoms with Crippen molar-refractivity contribution in [2.45, 2.75) is 12.5 Å². The zero-order valence-electron chi connectivity index (χ0n) is 8.49. The SMILES string of the molecule is N#CC(OCCCO)c1cc(F)cc(Cl)c1. The largest absolute Gasteiger partial charge is 0.396 e. The fraction of sp³-hybridized carbons (Fsp3) is 0.364. The van der Waals surface area contributed by atoms with E-state index in [1.165, 1.54) is 12.1 Å². The molecule has 0 aliphatic rings. The van der Waals surface area contributed by atoms with Gasteiger partial charge in [0.1, 0.15) is 5.82 Å². The summed E-state index contributed by atoms with van der Waals surface area (Å²) < 4.78 is 18.2. The molecular formula is C11H11ClFNO2. The van der Waals surface area contributed by atoms with E-state index in [9.17, 15) is 4.39 Å². The Bertz CT molecular complexity index is 372. The topological polar surface area (TPSA) is 53.2 Å². The molecule has 0 fully saturated rings. The van der Waals surface area contributed by atoms with E-state index in [2.05, 4.69) is 0 Å². The Labute approximate surface area is 98.0 Å². The molecule has 0 aliphatic heterocycles. The number of hydrogen-bond acceptors (Lipinski definition) is 3. The highest BCUT2D eigenvalue weighted by Crippen LogP contribution is 2.22. The summed E-state index contributed by atoms with van der Waals surface area (Å²) in [5.41, 5.74) is 0.380. The second kappa shape index (κ2) is 6.44. The molecule has 1 atom stereocenters. The number of nitrogens with zero attached hydrogens (tertiary/aromatic N) is 1. The van der Waals surface area contributed by atoms with Crippen LogP contribution in [0.15, 0.2) is 18.2 Å². The van der Waals surface area contributed by atoms with E-state index < -0.39 is 11.9 Å². The van der Waals surface area contributed by atoms with Crippen molar-refractivity contribution in [3.63, 3.8) is 0 Å². The van der Waals surface area contributed by atoms with Crippen molar-refractivity contribution in [3.8, 4) is 6.07 Å². The molecule has 3 nitrogen and oxygen atoms in total. The predicted molar refractivity (Wildman–Crippen MR) is 57.4 cm³/mol. The highest BCUT2D eigenvalue weighted by atomic mass is 35.5. The highest BCUT2D eigenvalue weighted by Gasteiger charge is 2.12. The zero-order valence-corrected chi connectivity index (χ0v) is 9.25. The summed E-state index contributed by atoms with van der Waals surface area (Å²) in [5, 5.41) is 17.6. The molecule has 0 amide bonds. The molecule has 1 unspecified atom stereocenters. The van der Waals surface area contributed by atoms with Crippen LogP contribution in [-0.2, 0) is 4.74 Å². The summed E-state index contributed by atoms with van der Waals surface area (Å²) in [4.78, 5) is 0. The van der Waals surface area contributed by atoms with Crippen molar-refractivity contribution in [1.29, 1.82) is 5.26 Å². The Morgan fingerprint density at radius 3 is 2.81 bits per heavy atom. The maximum Gasteiger partial charge on any atom is 0.169 e. The van der Waals surface area contributed by atoms with Crippen LogP contribution < -0.4 is 0 Å². The first-order valence-corrected chi connectivity index (χ1v) is 5.13. The number of aliphatic hydroxyl groups excluding tert-OH is 1. The van der Waals surface area contributed by atoms with Crippen LogP contribution in [0, 0.1) is 17.1 Å². The molecule has 0 aromatic heterocycles. The van der Waals surface area contributed by atoms with Crippen molar-refractivity contribution in [2.24, 2.45) is 0 Å². The van der Waals surface area contributed by atoms with Gasteiger partial charge < -0.3 is 9.84 Å². The molecule has 1 aromatic carbocycles. The van der Waals surface area contributed by atoms with Crippen molar-refractivity contribution in [2.75, 3.05) is 13.2 Å². The van der Waals surface area contributed by atoms with Gasteiger partial charge in [-0.2, -0.15) is 5.26 Å². The normalized spacial score (nSPS) is 12.1. The lowest BCUT2D eigenvalue weighted by molar-refractivity contribution is 0.0772. The molecule has 5 heteroatoms. The number of aliphatic hydroxyl groups is 1. The quantitative estimate of drug-likeness (QED) is 0.809. The number of ether oxygens (including phenoxy) is 1. The zero-order chi connectivity index (χ0) is 12.0. The lowest BCUT2D eigenvalue weighted by Crippen LogP contribution is -2.05. The Morgan fingerprint density at radius 1 is 1.50 bits per heavy atom. The molecule has 0 spiro atoms. The molecule has 0 saturated carbocycles. The smallest absolute Gasteiger partial charge is 0.169 e. The third-order valence-corrected chi connectivity index (χ3v) is 2.11. The Hall–Kier alpha value is -1.15. The van der Waals surface area contributed by atoms with Crippen LogP contribution in [0.25, 0.3) is 0 Å². The van der Waals surface area contributed by atoms with Gasteiger partial charge in [0.05, 0.1) is 12.7 Å². The molecule has 0 heterocycles. The van der Waals surface area contributed by atoms with E-state index in [4.69, 9.17) is 26.7 Å². The summed E-state index contributed by atoms with van der Waals surface area (Å²) in [6.45, 7) is 0.227. The fourth-order valence-electron chi connectivity index (χ4n) is 1.20. The van der Waals surface area contributed by atoms with Gasteiger partial charge in [-0.3, -0.25) is 0 Å². The van der Waals surface area contributed by atoms with Gasteiger partial charge in [-0.1, -0.05) is 11.6 Å². The maximum absolute atomic E-state index is 13.0. The minimum absolute atomic E-state index is 0.0118. The van der Waals surface area contributed by atoms with Crippen LogP contribution in [0.2, 0.25) is 5.02 Å². The molecule has 16 heavy (non-hydrogen) atoms. The molecule has 0 aliphatic carbocycles. The van der Waals surface area contributed by atoms with Crippen molar-refractivity contribution >= 4 is 11.6 Å². The van der Waals surface area contributed by atoms with Gasteiger partial charge in [-0.05, 0) is 30.2 Å². The van der Waals surface area contributed by atoms with Crippen LogP contribution >= 0.6 is 11.6 Å². The Morgan fingerprint density at radius 2 is 2.25 bits per heavy atom. The standard InChI is InChI=1S/C11H11ClFNO2/c12-9-4-8(5-10(13)6-9)11(7-14)16-3-1-2-15/h4-6,11,15H,1-3H2. The number of nitriles is 1. The number of benzene rings is 1. The molecule has 1 rings (SSSR count). The summed E-state index contributed by atoms with van der Waals surface area (Å²) in [7, 11) is 0. The second-order valence-corrected chi connectivity index (χ2v) is 3.60. The van der Waals surface area contributed by atoms with Crippen LogP contribution in [0.5, 0.6) is 0 Å². The van der Waals surface area contributed by atoms with Gasteiger partial charge in [0, 0.05) is 11.6 Å². The van der Waals surface area contributed by atoms with E-state index in [0.29, 0.717) is 12.0 Å². The lowest BCUT2D eigenvalue weighted by atomic mass is 10.1. The van der Waals surface area contributed by atoms with Crippen LogP contribution in [0.3, 0.4) is 0 Å². The van der Waals surface area contributed by atoms with E-state index in [-0.39, 0.29) is 18.2 Å². The third kappa shape index (κ3) is 3.78. The van der Waals surface area contributed by atoms with E-state index in [1.54, 1.807) is 0 Å². The van der Waals surface area contributed by atoms with E-state index in [0.717, 1.165) is 6.07 Å². The first-order chi connectivity index (χ1) is 7.67. The summed E-state index contributed by atoms with van der Waals surface area (Å²) >= 11 is 5.67. The average Bonchev–Trinajstić information content (AvgIpc) is 2.23. The number of halogens is 2. The molecule has 1 N–H and O–H groups in total. The lowest BCUT2D eigenvalue weighted by Gasteiger charge is -2.11. The van der Waals surface area contributed by atoms with Gasteiger partial charge in [0.25, 0.3) is 0 Å². The molecule has 86 valence electrons. The van der Waals surface area contributed by atoms with Gasteiger partial charge in [-0.25, -0.2) is 4.39 Å². The summed E-state index contributed by atoms with van der Waals surface area (Å²) in [6.07, 6.45) is -0.430. The minimum Gasteiger partial charge on any atom is -0.396 e. The molecule has 0 saturated heterocycles.